The van der Waals surface area contributed by atoms with Crippen molar-refractivity contribution >= 4 is 50.7 Å². The minimum atomic E-state index is -1.24. The molecule has 3 N–H and O–H groups in total. The molecule has 1 unspecified atom stereocenters. The van der Waals surface area contributed by atoms with Gasteiger partial charge in [0.15, 0.2) is 0 Å². The Hall–Kier alpha value is -3.02. The molecule has 11 heteroatoms. The second-order valence-corrected chi connectivity index (χ2v) is 11.2. The number of rotatable bonds is 5. The minimum absolute atomic E-state index is 0.144. The van der Waals surface area contributed by atoms with Gasteiger partial charge in [-0.15, -0.1) is 19.3 Å². The van der Waals surface area contributed by atoms with Crippen molar-refractivity contribution < 1.29 is 13.5 Å². The zero-order valence-electron chi connectivity index (χ0n) is 18.4. The monoisotopic (exact) mass is 469 g/mol. The summed E-state index contributed by atoms with van der Waals surface area (Å²) in [6.07, 6.45) is 2.89. The topological polar surface area (TPSA) is 114 Å². The van der Waals surface area contributed by atoms with Crippen LogP contribution in [-0.4, -0.2) is 69.5 Å². The lowest BCUT2D eigenvalue weighted by Gasteiger charge is -2.35. The van der Waals surface area contributed by atoms with E-state index in [4.69, 9.17) is 13.7 Å². The largest absolute Gasteiger partial charge is 0.368 e. The Bertz CT molecular complexity index is 1170. The molecule has 1 amide bonds. The van der Waals surface area contributed by atoms with Crippen LogP contribution in [0.5, 0.6) is 0 Å². The number of aromatic amines is 1. The first kappa shape index (κ1) is 20.6. The molecule has 1 atom stereocenters. The molecule has 3 fully saturated rings. The Morgan fingerprint density at radius 3 is 2.61 bits per heavy atom. The van der Waals surface area contributed by atoms with Gasteiger partial charge in [-0.25, -0.2) is 0 Å². The second-order valence-electron chi connectivity index (χ2n) is 8.68. The van der Waals surface area contributed by atoms with Gasteiger partial charge in [-0.1, -0.05) is 0 Å². The molecule has 3 saturated heterocycles. The molecule has 0 bridgehead atoms. The van der Waals surface area contributed by atoms with Gasteiger partial charge in [0, 0.05) is 62.5 Å². The maximum absolute atomic E-state index is 11.5. The highest BCUT2D eigenvalue weighted by molar-refractivity contribution is 8.29. The van der Waals surface area contributed by atoms with E-state index in [1.165, 1.54) is 0 Å². The van der Waals surface area contributed by atoms with Gasteiger partial charge in [-0.2, -0.15) is 9.97 Å². The third kappa shape index (κ3) is 4.19. The highest BCUT2D eigenvalue weighted by Gasteiger charge is 2.46. The molecule has 6 rings (SSSR count). The molecule has 3 aliphatic rings. The number of aromatic nitrogens is 3. The van der Waals surface area contributed by atoms with Crippen molar-refractivity contribution in [2.45, 2.75) is 19.4 Å². The van der Waals surface area contributed by atoms with Crippen LogP contribution in [0.2, 0.25) is 0 Å². The van der Waals surface area contributed by atoms with Crippen LogP contribution >= 0.6 is 10.6 Å². The summed E-state index contributed by atoms with van der Waals surface area (Å²) in [5.41, 5.74) is 2.85. The number of nitrogens with one attached hydrogen (secondary N) is 3. The van der Waals surface area contributed by atoms with Gasteiger partial charge in [-0.3, -0.25) is 4.79 Å². The number of hydrogen-bond acceptors (Lipinski definition) is 8. The third-order valence-electron chi connectivity index (χ3n) is 6.46. The fraction of sp³-hybridized carbons (Fsp3) is 0.409. The number of anilines is 4. The highest BCUT2D eigenvalue weighted by Crippen LogP contribution is 2.69. The number of nitrogens with zero attached hydrogens (tertiary/aromatic N) is 4. The maximum Gasteiger partial charge on any atom is 0.231 e. The van der Waals surface area contributed by atoms with E-state index in [1.807, 2.05) is 29.3 Å². The zero-order chi connectivity index (χ0) is 22.4. The number of carbonyl (C=O) groups excluding carboxylic acids is 1. The van der Waals surface area contributed by atoms with E-state index >= 15 is 0 Å². The van der Waals surface area contributed by atoms with E-state index in [0.717, 1.165) is 72.3 Å². The van der Waals surface area contributed by atoms with Crippen LogP contribution in [0, 0.1) is 0 Å². The Morgan fingerprint density at radius 2 is 1.91 bits per heavy atom. The smallest absolute Gasteiger partial charge is 0.231 e. The Balaban J connectivity index is 1.15. The number of amides is 1. The molecule has 33 heavy (non-hydrogen) atoms. The summed E-state index contributed by atoms with van der Waals surface area (Å²) in [5, 5.41) is 7.87. The summed E-state index contributed by atoms with van der Waals surface area (Å²) in [5.74, 6) is 3.37. The van der Waals surface area contributed by atoms with Crippen LogP contribution in [0.1, 0.15) is 13.3 Å². The lowest BCUT2D eigenvalue weighted by Crippen LogP contribution is -2.48. The van der Waals surface area contributed by atoms with Crippen LogP contribution < -0.4 is 15.5 Å². The molecular weight excluding hydrogens is 442 g/mol. The SMILES string of the molecule is CC(=O)N1CCN(c2ccc(Nc3nc(NC4CCS5(C4)OO5)c4cc[nH]c4n3)cc2)CC1. The first-order valence-electron chi connectivity index (χ1n) is 11.2. The molecule has 5 heterocycles. The number of piperazine rings is 1. The molecule has 2 aromatic heterocycles. The molecule has 0 aliphatic carbocycles. The average Bonchev–Trinajstić information content (AvgIpc) is 3.22. The summed E-state index contributed by atoms with van der Waals surface area (Å²) in [4.78, 5) is 28.3. The van der Waals surface area contributed by atoms with Gasteiger partial charge in [-0.05, 0) is 36.8 Å². The van der Waals surface area contributed by atoms with Crippen LogP contribution in [0.4, 0.5) is 23.1 Å². The van der Waals surface area contributed by atoms with Gasteiger partial charge in [0.05, 0.1) is 11.1 Å². The van der Waals surface area contributed by atoms with Crippen molar-refractivity contribution in [3.8, 4) is 0 Å². The fourth-order valence-electron chi connectivity index (χ4n) is 4.54. The maximum atomic E-state index is 11.5. The standard InChI is InChI=1S/C22H27N7O3S/c1-15(30)28-9-11-29(12-10-28)18-4-2-16(3-5-18)25-22-26-20-19(6-8-23-20)21(27-22)24-17-7-13-33(14-17)31-32-33/h2-6,8,17H,7,9-14H2,1H3,(H3,23,24,25,26,27). The zero-order valence-corrected chi connectivity index (χ0v) is 19.2. The van der Waals surface area contributed by atoms with Crippen molar-refractivity contribution in [2.75, 3.05) is 53.2 Å². The van der Waals surface area contributed by atoms with Crippen molar-refractivity contribution in [1.82, 2.24) is 19.9 Å². The number of hydrogen-bond donors (Lipinski definition) is 3. The van der Waals surface area contributed by atoms with Gasteiger partial charge in [0.1, 0.15) is 11.5 Å². The quantitative estimate of drug-likeness (QED) is 0.386. The van der Waals surface area contributed by atoms with E-state index in [2.05, 4.69) is 37.6 Å². The predicted molar refractivity (Wildman–Crippen MR) is 130 cm³/mol. The fourth-order valence-corrected chi connectivity index (χ4v) is 6.77. The van der Waals surface area contributed by atoms with Crippen LogP contribution in [0.25, 0.3) is 11.0 Å². The van der Waals surface area contributed by atoms with Gasteiger partial charge >= 0.3 is 0 Å². The average molecular weight is 470 g/mol. The van der Waals surface area contributed by atoms with Crippen LogP contribution in [-0.2, 0) is 13.5 Å². The third-order valence-corrected chi connectivity index (χ3v) is 8.75. The summed E-state index contributed by atoms with van der Waals surface area (Å²) < 4.78 is 10.5. The van der Waals surface area contributed by atoms with Crippen LogP contribution in [0.3, 0.4) is 0 Å². The number of fused-ring (bicyclic) bond motifs is 1. The van der Waals surface area contributed by atoms with E-state index < -0.39 is 10.6 Å². The summed E-state index contributed by atoms with van der Waals surface area (Å²) in [6, 6.07) is 10.5. The van der Waals surface area contributed by atoms with Crippen molar-refractivity contribution in [3.63, 3.8) is 0 Å². The van der Waals surface area contributed by atoms with Gasteiger partial charge < -0.3 is 25.4 Å². The predicted octanol–water partition coefficient (Wildman–Crippen LogP) is 3.15. The molecule has 0 radical (unpaired) electrons. The Kier molecular flexibility index (Phi) is 5.04. The van der Waals surface area contributed by atoms with Crippen molar-refractivity contribution in [1.29, 1.82) is 0 Å². The molecule has 0 saturated carbocycles. The highest BCUT2D eigenvalue weighted by atomic mass is 32.3. The van der Waals surface area contributed by atoms with E-state index in [9.17, 15) is 4.79 Å². The number of H-pyrrole nitrogens is 1. The molecule has 1 spiro atoms. The van der Waals surface area contributed by atoms with Crippen molar-refractivity contribution in [2.24, 2.45) is 0 Å². The second kappa shape index (κ2) is 8.08. The molecular formula is C22H27N7O3S. The molecule has 3 aliphatic heterocycles. The van der Waals surface area contributed by atoms with E-state index in [0.29, 0.717) is 5.95 Å². The Morgan fingerprint density at radius 1 is 1.12 bits per heavy atom. The van der Waals surface area contributed by atoms with E-state index in [-0.39, 0.29) is 11.9 Å². The number of benzene rings is 1. The molecule has 10 nitrogen and oxygen atoms in total. The van der Waals surface area contributed by atoms with Crippen molar-refractivity contribution in [3.05, 3.63) is 36.5 Å². The molecule has 3 aromatic rings. The molecule has 174 valence electrons. The number of carbonyl (C=O) groups is 1. The first-order valence-corrected chi connectivity index (χ1v) is 13.0. The summed E-state index contributed by atoms with van der Waals surface area (Å²) in [6.45, 7) is 4.83. The lowest BCUT2D eigenvalue weighted by atomic mass is 10.2. The molecule has 1 aromatic carbocycles. The Labute approximate surface area is 193 Å². The minimum Gasteiger partial charge on any atom is -0.368 e. The van der Waals surface area contributed by atoms with Crippen LogP contribution in [0.15, 0.2) is 36.5 Å². The summed E-state index contributed by atoms with van der Waals surface area (Å²) >= 11 is 0. The first-order chi connectivity index (χ1) is 16.1. The lowest BCUT2D eigenvalue weighted by molar-refractivity contribution is -0.129. The normalized spacial score (nSPS) is 22.5. The van der Waals surface area contributed by atoms with Gasteiger partial charge in [0.25, 0.3) is 0 Å². The summed E-state index contributed by atoms with van der Waals surface area (Å²) in [7, 11) is -1.24. The van der Waals surface area contributed by atoms with E-state index in [1.54, 1.807) is 6.92 Å². The van der Waals surface area contributed by atoms with Gasteiger partial charge in [0.2, 0.25) is 11.9 Å².